The van der Waals surface area contributed by atoms with Crippen molar-refractivity contribution in [2.75, 3.05) is 38.0 Å². The highest BCUT2D eigenvalue weighted by Gasteiger charge is 2.24. The summed E-state index contributed by atoms with van der Waals surface area (Å²) in [6.45, 7) is 6.73. The van der Waals surface area contributed by atoms with E-state index in [4.69, 9.17) is 0 Å². The lowest BCUT2D eigenvalue weighted by molar-refractivity contribution is -0.117. The zero-order chi connectivity index (χ0) is 22.4. The summed E-state index contributed by atoms with van der Waals surface area (Å²) in [7, 11) is 0. The third-order valence-corrected chi connectivity index (χ3v) is 6.30. The molecule has 1 heterocycles. The van der Waals surface area contributed by atoms with Crippen LogP contribution in [0.2, 0.25) is 0 Å². The van der Waals surface area contributed by atoms with Gasteiger partial charge in [-0.25, -0.2) is 4.39 Å². The predicted octanol–water partition coefficient (Wildman–Crippen LogP) is 4.50. The number of carbonyl (C=O) groups excluding carboxylic acids is 2. The van der Waals surface area contributed by atoms with Gasteiger partial charge in [0.1, 0.15) is 5.82 Å². The summed E-state index contributed by atoms with van der Waals surface area (Å²) in [6.07, 6.45) is 2.45. The van der Waals surface area contributed by atoms with E-state index in [0.717, 1.165) is 36.1 Å². The maximum atomic E-state index is 14.3. The maximum Gasteiger partial charge on any atom is 0.256 e. The number of rotatable bonds is 6. The first-order valence-electron chi connectivity index (χ1n) is 10.8. The lowest BCUT2D eigenvalue weighted by Gasteiger charge is -2.22. The molecular weight excluding hydrogens is 461 g/mol. The van der Waals surface area contributed by atoms with Gasteiger partial charge in [0.05, 0.1) is 16.6 Å². The van der Waals surface area contributed by atoms with Crippen LogP contribution >= 0.6 is 15.9 Å². The average Bonchev–Trinajstić information content (AvgIpc) is 3.00. The van der Waals surface area contributed by atoms with Crippen LogP contribution in [-0.2, 0) is 17.6 Å². The Kier molecular flexibility index (Phi) is 8.21. The van der Waals surface area contributed by atoms with Gasteiger partial charge < -0.3 is 10.2 Å². The summed E-state index contributed by atoms with van der Waals surface area (Å²) in [5.74, 6) is -0.891. The van der Waals surface area contributed by atoms with Gasteiger partial charge in [-0.2, -0.15) is 0 Å². The topological polar surface area (TPSA) is 52.7 Å². The zero-order valence-electron chi connectivity index (χ0n) is 18.1. The molecule has 1 fully saturated rings. The minimum Gasteiger partial charge on any atom is -0.337 e. The van der Waals surface area contributed by atoms with Crippen molar-refractivity contribution in [3.8, 4) is 0 Å². The SMILES string of the molecule is CCc1cccc(CC)c1NC(=O)CN1CCCN(C(=O)c2cccc(Br)c2F)CC1. The van der Waals surface area contributed by atoms with Crippen molar-refractivity contribution in [3.05, 3.63) is 63.4 Å². The molecule has 31 heavy (non-hydrogen) atoms. The number of aryl methyl sites for hydroxylation is 2. The van der Waals surface area contributed by atoms with Crippen molar-refractivity contribution >= 4 is 33.4 Å². The summed E-state index contributed by atoms with van der Waals surface area (Å²) in [4.78, 5) is 29.3. The highest BCUT2D eigenvalue weighted by molar-refractivity contribution is 9.10. The van der Waals surface area contributed by atoms with Crippen LogP contribution in [0.5, 0.6) is 0 Å². The molecule has 0 bridgehead atoms. The van der Waals surface area contributed by atoms with Gasteiger partial charge >= 0.3 is 0 Å². The molecule has 1 N–H and O–H groups in total. The van der Waals surface area contributed by atoms with Gasteiger partial charge in [0, 0.05) is 31.9 Å². The van der Waals surface area contributed by atoms with E-state index in [0.29, 0.717) is 26.2 Å². The number of anilines is 1. The molecule has 166 valence electrons. The third kappa shape index (κ3) is 5.71. The molecule has 3 rings (SSSR count). The molecule has 2 aromatic carbocycles. The Morgan fingerprint density at radius 1 is 1.00 bits per heavy atom. The molecule has 1 aliphatic rings. The summed E-state index contributed by atoms with van der Waals surface area (Å²) in [5.41, 5.74) is 3.27. The van der Waals surface area contributed by atoms with Crippen molar-refractivity contribution in [2.24, 2.45) is 0 Å². The number of benzene rings is 2. The quantitative estimate of drug-likeness (QED) is 0.649. The van der Waals surface area contributed by atoms with Crippen molar-refractivity contribution < 1.29 is 14.0 Å². The van der Waals surface area contributed by atoms with Gasteiger partial charge in [-0.3, -0.25) is 14.5 Å². The Labute approximate surface area is 191 Å². The molecule has 0 aliphatic carbocycles. The van der Waals surface area contributed by atoms with E-state index in [9.17, 15) is 14.0 Å². The Morgan fingerprint density at radius 2 is 1.68 bits per heavy atom. The molecule has 5 nitrogen and oxygen atoms in total. The smallest absolute Gasteiger partial charge is 0.256 e. The molecule has 0 saturated carbocycles. The number of carbonyl (C=O) groups is 2. The van der Waals surface area contributed by atoms with E-state index < -0.39 is 5.82 Å². The van der Waals surface area contributed by atoms with Crippen molar-refractivity contribution in [1.82, 2.24) is 9.80 Å². The van der Waals surface area contributed by atoms with E-state index in [2.05, 4.69) is 40.0 Å². The predicted molar refractivity (Wildman–Crippen MR) is 125 cm³/mol. The molecule has 2 amide bonds. The summed E-state index contributed by atoms with van der Waals surface area (Å²) >= 11 is 3.14. The van der Waals surface area contributed by atoms with Crippen LogP contribution in [0, 0.1) is 5.82 Å². The van der Waals surface area contributed by atoms with Crippen LogP contribution in [0.3, 0.4) is 0 Å². The number of para-hydroxylation sites is 1. The van der Waals surface area contributed by atoms with Crippen LogP contribution in [0.1, 0.15) is 41.8 Å². The molecule has 1 aliphatic heterocycles. The fraction of sp³-hybridized carbons (Fsp3) is 0.417. The molecule has 2 aromatic rings. The first-order valence-corrected chi connectivity index (χ1v) is 11.6. The summed E-state index contributed by atoms with van der Waals surface area (Å²) in [6, 6.07) is 10.9. The first-order chi connectivity index (χ1) is 14.9. The third-order valence-electron chi connectivity index (χ3n) is 5.69. The van der Waals surface area contributed by atoms with E-state index in [1.54, 1.807) is 17.0 Å². The molecule has 0 spiro atoms. The Hall–Kier alpha value is -2.25. The summed E-state index contributed by atoms with van der Waals surface area (Å²) in [5, 5.41) is 3.11. The minimum atomic E-state index is -0.533. The van der Waals surface area contributed by atoms with Crippen LogP contribution in [-0.4, -0.2) is 54.3 Å². The van der Waals surface area contributed by atoms with Crippen LogP contribution < -0.4 is 5.32 Å². The number of nitrogens with zero attached hydrogens (tertiary/aromatic N) is 2. The lowest BCUT2D eigenvalue weighted by Crippen LogP contribution is -2.38. The highest BCUT2D eigenvalue weighted by atomic mass is 79.9. The largest absolute Gasteiger partial charge is 0.337 e. The Balaban J connectivity index is 1.61. The molecule has 0 atom stereocenters. The number of halogens is 2. The van der Waals surface area contributed by atoms with Crippen molar-refractivity contribution in [3.63, 3.8) is 0 Å². The number of hydrogen-bond donors (Lipinski definition) is 1. The number of amides is 2. The maximum absolute atomic E-state index is 14.3. The number of nitrogens with one attached hydrogen (secondary N) is 1. The summed E-state index contributed by atoms with van der Waals surface area (Å²) < 4.78 is 14.6. The molecule has 1 saturated heterocycles. The van der Waals surface area contributed by atoms with E-state index >= 15 is 0 Å². The van der Waals surface area contributed by atoms with Crippen molar-refractivity contribution in [2.45, 2.75) is 33.1 Å². The molecular formula is C24H29BrFN3O2. The standard InChI is InChI=1S/C24H29BrFN3O2/c1-3-17-8-5-9-18(4-2)23(17)27-21(30)16-28-12-7-13-29(15-14-28)24(31)19-10-6-11-20(25)22(19)26/h5-6,8-11H,3-4,7,12-16H2,1-2H3,(H,27,30). The van der Waals surface area contributed by atoms with E-state index in [1.165, 1.54) is 6.07 Å². The lowest BCUT2D eigenvalue weighted by atomic mass is 10.0. The highest BCUT2D eigenvalue weighted by Crippen LogP contribution is 2.23. The fourth-order valence-corrected chi connectivity index (χ4v) is 4.32. The second-order valence-corrected chi connectivity index (χ2v) is 8.58. The van der Waals surface area contributed by atoms with Gasteiger partial charge in [-0.05, 0) is 58.5 Å². The van der Waals surface area contributed by atoms with Crippen LogP contribution in [0.15, 0.2) is 40.9 Å². The van der Waals surface area contributed by atoms with Gasteiger partial charge in [0.25, 0.3) is 5.91 Å². The van der Waals surface area contributed by atoms with Crippen molar-refractivity contribution in [1.29, 1.82) is 0 Å². The Bertz CT molecular complexity index is 928. The van der Waals surface area contributed by atoms with E-state index in [1.807, 2.05) is 18.2 Å². The van der Waals surface area contributed by atoms with E-state index in [-0.39, 0.29) is 28.4 Å². The van der Waals surface area contributed by atoms with Crippen LogP contribution in [0.4, 0.5) is 10.1 Å². The monoisotopic (exact) mass is 489 g/mol. The normalized spacial score (nSPS) is 14.9. The molecule has 0 radical (unpaired) electrons. The van der Waals surface area contributed by atoms with Gasteiger partial charge in [-0.15, -0.1) is 0 Å². The average molecular weight is 490 g/mol. The molecule has 0 aromatic heterocycles. The second-order valence-electron chi connectivity index (χ2n) is 7.73. The van der Waals surface area contributed by atoms with Crippen LogP contribution in [0.25, 0.3) is 0 Å². The van der Waals surface area contributed by atoms with Gasteiger partial charge in [0.15, 0.2) is 0 Å². The van der Waals surface area contributed by atoms with Gasteiger partial charge in [0.2, 0.25) is 5.91 Å². The minimum absolute atomic E-state index is 0.0478. The van der Waals surface area contributed by atoms with Gasteiger partial charge in [-0.1, -0.05) is 38.1 Å². The molecule has 7 heteroatoms. The Morgan fingerprint density at radius 3 is 2.35 bits per heavy atom. The fourth-order valence-electron chi connectivity index (χ4n) is 3.96. The number of hydrogen-bond acceptors (Lipinski definition) is 3. The first kappa shape index (κ1) is 23.4. The zero-order valence-corrected chi connectivity index (χ0v) is 19.7. The second kappa shape index (κ2) is 10.9. The molecule has 0 unspecified atom stereocenters.